The number of carbonyl (C=O) groups excluding carboxylic acids is 3. The molecular weight excluding hydrogens is 496 g/mol. The zero-order valence-electron chi connectivity index (χ0n) is 17.4. The fourth-order valence-corrected chi connectivity index (χ4v) is 5.08. The van der Waals surface area contributed by atoms with Crippen LogP contribution >= 0.6 is 11.3 Å². The van der Waals surface area contributed by atoms with Crippen LogP contribution in [0, 0.1) is 0 Å². The number of nitrogens with one attached hydrogen (secondary N) is 1. The number of oxime groups is 1. The Bertz CT molecular complexity index is 1190. The normalized spacial score (nSPS) is 24.1. The maximum atomic E-state index is 13.0. The van der Waals surface area contributed by atoms with E-state index in [1.807, 2.05) is 0 Å². The topological polar surface area (TPSA) is 222 Å². The molecule has 1 aromatic rings. The lowest BCUT2D eigenvalue weighted by Crippen LogP contribution is -2.74. The maximum absolute atomic E-state index is 13.0. The molecule has 2 aliphatic heterocycles. The molecule has 0 unspecified atom stereocenters. The highest BCUT2D eigenvalue weighted by atomic mass is 32.2. The highest BCUT2D eigenvalue weighted by Crippen LogP contribution is 2.40. The van der Waals surface area contributed by atoms with Gasteiger partial charge in [-0.25, -0.2) is 14.1 Å². The number of thiazole rings is 1. The van der Waals surface area contributed by atoms with Crippen molar-refractivity contribution in [1.29, 1.82) is 0 Å². The molecule has 4 rings (SSSR count). The SMILES string of the molecule is Nc1nc(/C(=N/OC2(C(=O)O)CC2)C(=O)N[C@@H]2C(=O)N(S(=O)(=O)O)[C@@H]2CN2CCCC2=O)cs1. The molecule has 1 saturated carbocycles. The van der Waals surface area contributed by atoms with Gasteiger partial charge in [-0.2, -0.15) is 8.42 Å². The van der Waals surface area contributed by atoms with Gasteiger partial charge >= 0.3 is 16.3 Å². The van der Waals surface area contributed by atoms with E-state index in [0.29, 0.717) is 13.0 Å². The molecular formula is C17H20N6O9S2. The molecule has 3 fully saturated rings. The van der Waals surface area contributed by atoms with E-state index in [2.05, 4.69) is 15.5 Å². The first-order chi connectivity index (χ1) is 15.9. The molecule has 184 valence electrons. The summed E-state index contributed by atoms with van der Waals surface area (Å²) in [4.78, 5) is 59.2. The Morgan fingerprint density at radius 2 is 2.09 bits per heavy atom. The van der Waals surface area contributed by atoms with Crippen molar-refractivity contribution in [3.63, 3.8) is 0 Å². The van der Waals surface area contributed by atoms with E-state index in [1.54, 1.807) is 0 Å². The zero-order chi connectivity index (χ0) is 24.8. The van der Waals surface area contributed by atoms with Gasteiger partial charge in [-0.05, 0) is 6.42 Å². The molecule has 3 amide bonds. The van der Waals surface area contributed by atoms with Gasteiger partial charge in [-0.1, -0.05) is 5.16 Å². The highest BCUT2D eigenvalue weighted by molar-refractivity contribution is 7.84. The van der Waals surface area contributed by atoms with E-state index >= 15 is 0 Å². The van der Waals surface area contributed by atoms with Crippen molar-refractivity contribution in [2.24, 2.45) is 5.16 Å². The van der Waals surface area contributed by atoms with E-state index in [9.17, 15) is 37.3 Å². The third kappa shape index (κ3) is 4.40. The molecule has 2 atom stereocenters. The Labute approximate surface area is 196 Å². The van der Waals surface area contributed by atoms with Gasteiger partial charge in [0.05, 0.1) is 6.04 Å². The molecule has 0 aromatic carbocycles. The van der Waals surface area contributed by atoms with Gasteiger partial charge in [0.15, 0.2) is 10.8 Å². The van der Waals surface area contributed by atoms with Crippen LogP contribution in [0.4, 0.5) is 5.13 Å². The highest BCUT2D eigenvalue weighted by Gasteiger charge is 2.56. The van der Waals surface area contributed by atoms with Crippen molar-refractivity contribution in [1.82, 2.24) is 19.5 Å². The lowest BCUT2D eigenvalue weighted by molar-refractivity contribution is -0.153. The van der Waals surface area contributed by atoms with Crippen molar-refractivity contribution in [3.8, 4) is 0 Å². The number of carboxylic acid groups (broad SMARTS) is 1. The number of hydrogen-bond acceptors (Lipinski definition) is 11. The maximum Gasteiger partial charge on any atom is 0.362 e. The fraction of sp³-hybridized carbons (Fsp3) is 0.529. The van der Waals surface area contributed by atoms with E-state index in [-0.39, 0.29) is 46.8 Å². The van der Waals surface area contributed by atoms with Gasteiger partial charge in [-0.3, -0.25) is 18.9 Å². The average molecular weight is 517 g/mol. The van der Waals surface area contributed by atoms with Crippen molar-refractivity contribution in [2.75, 3.05) is 18.8 Å². The summed E-state index contributed by atoms with van der Waals surface area (Å²) in [5.41, 5.74) is 3.51. The summed E-state index contributed by atoms with van der Waals surface area (Å²) in [6, 6.07) is -2.68. The lowest BCUT2D eigenvalue weighted by Gasteiger charge is -2.45. The van der Waals surface area contributed by atoms with Crippen LogP contribution in [0.1, 0.15) is 31.4 Å². The minimum atomic E-state index is -4.95. The minimum Gasteiger partial charge on any atom is -0.478 e. The lowest BCUT2D eigenvalue weighted by atomic mass is 9.97. The predicted molar refractivity (Wildman–Crippen MR) is 114 cm³/mol. The second kappa shape index (κ2) is 8.48. The molecule has 2 saturated heterocycles. The predicted octanol–water partition coefficient (Wildman–Crippen LogP) is -1.82. The van der Waals surface area contributed by atoms with Crippen LogP contribution in [0.3, 0.4) is 0 Å². The Kier molecular flexibility index (Phi) is 5.94. The standard InChI is InChI=1S/C17H20N6O9S2/c18-16-19-8(7-33-16)11(21-32-17(3-4-17)15(27)28)13(25)20-12-9(6-22-5-1-2-10(22)24)23(14(12)26)34(29,30)31/h7,9,12H,1-6H2,(H2,18,19)(H,20,25)(H,27,28)(H,29,30,31)/b21-11-/t9-,12+/m1/s1. The van der Waals surface area contributed by atoms with Crippen LogP contribution in [0.15, 0.2) is 10.5 Å². The molecule has 3 aliphatic rings. The van der Waals surface area contributed by atoms with Crippen LogP contribution in [0.2, 0.25) is 0 Å². The van der Waals surface area contributed by atoms with E-state index < -0.39 is 51.5 Å². The Morgan fingerprint density at radius 1 is 1.38 bits per heavy atom. The monoisotopic (exact) mass is 516 g/mol. The zero-order valence-corrected chi connectivity index (χ0v) is 19.0. The number of rotatable bonds is 9. The minimum absolute atomic E-state index is 0.0501. The van der Waals surface area contributed by atoms with Crippen LogP contribution in [-0.2, 0) is 34.3 Å². The summed E-state index contributed by atoms with van der Waals surface area (Å²) in [6.45, 7) is 0.101. The van der Waals surface area contributed by atoms with Crippen molar-refractivity contribution < 1.29 is 42.1 Å². The van der Waals surface area contributed by atoms with Crippen LogP contribution in [0.25, 0.3) is 0 Å². The number of nitrogens with two attached hydrogens (primary N) is 1. The van der Waals surface area contributed by atoms with Gasteiger partial charge in [0.25, 0.3) is 11.8 Å². The molecule has 0 radical (unpaired) electrons. The van der Waals surface area contributed by atoms with Gasteiger partial charge < -0.3 is 25.9 Å². The van der Waals surface area contributed by atoms with E-state index in [4.69, 9.17) is 10.6 Å². The summed E-state index contributed by atoms with van der Waals surface area (Å²) < 4.78 is 33.0. The summed E-state index contributed by atoms with van der Waals surface area (Å²) in [7, 11) is -4.95. The number of carboxylic acids is 1. The van der Waals surface area contributed by atoms with Gasteiger partial charge in [0, 0.05) is 37.7 Å². The Balaban J connectivity index is 1.57. The van der Waals surface area contributed by atoms with Crippen LogP contribution in [-0.4, -0.2) is 92.4 Å². The molecule has 3 heterocycles. The number of nitrogens with zero attached hydrogens (tertiary/aromatic N) is 4. The number of likely N-dealkylation sites (tertiary alicyclic amines) is 1. The fourth-order valence-electron chi connectivity index (χ4n) is 3.66. The number of amides is 3. The smallest absolute Gasteiger partial charge is 0.362 e. The molecule has 1 aromatic heterocycles. The largest absolute Gasteiger partial charge is 0.478 e. The first kappa shape index (κ1) is 23.8. The molecule has 17 heteroatoms. The van der Waals surface area contributed by atoms with Gasteiger partial charge in [-0.15, -0.1) is 11.3 Å². The second-order valence-electron chi connectivity index (χ2n) is 7.98. The average Bonchev–Trinajstić information content (AvgIpc) is 3.26. The summed E-state index contributed by atoms with van der Waals surface area (Å²) in [5.74, 6) is -3.65. The number of aliphatic carboxylic acids is 1. The van der Waals surface area contributed by atoms with E-state index in [1.165, 1.54) is 10.3 Å². The number of β-lactam (4-membered cyclic amide) rings is 1. The number of nitrogen functional groups attached to an aromatic ring is 1. The molecule has 0 spiro atoms. The molecule has 15 nitrogen and oxygen atoms in total. The summed E-state index contributed by atoms with van der Waals surface area (Å²) >= 11 is 0.973. The number of carbonyl (C=O) groups is 4. The molecule has 34 heavy (non-hydrogen) atoms. The second-order valence-corrected chi connectivity index (χ2v) is 10.2. The first-order valence-corrected chi connectivity index (χ1v) is 12.3. The summed E-state index contributed by atoms with van der Waals surface area (Å²) in [5, 5.41) is 16.7. The van der Waals surface area contributed by atoms with Gasteiger partial charge in [0.2, 0.25) is 11.5 Å². The first-order valence-electron chi connectivity index (χ1n) is 10.0. The number of aromatic nitrogens is 1. The quantitative estimate of drug-likeness (QED) is 0.124. The third-order valence-corrected chi connectivity index (χ3v) is 7.29. The third-order valence-electron chi connectivity index (χ3n) is 5.67. The van der Waals surface area contributed by atoms with E-state index in [0.717, 1.165) is 11.3 Å². The van der Waals surface area contributed by atoms with Gasteiger partial charge in [0.1, 0.15) is 11.7 Å². The Hall–Kier alpha value is -3.31. The number of anilines is 1. The van der Waals surface area contributed by atoms with Crippen molar-refractivity contribution in [3.05, 3.63) is 11.1 Å². The molecule has 5 N–H and O–H groups in total. The Morgan fingerprint density at radius 3 is 2.59 bits per heavy atom. The van der Waals surface area contributed by atoms with Crippen LogP contribution in [0.5, 0.6) is 0 Å². The van der Waals surface area contributed by atoms with Crippen molar-refractivity contribution >= 4 is 56.2 Å². The van der Waals surface area contributed by atoms with Crippen molar-refractivity contribution in [2.45, 2.75) is 43.4 Å². The molecule has 0 bridgehead atoms. The summed E-state index contributed by atoms with van der Waals surface area (Å²) in [6.07, 6.45) is 1.16. The van der Waals surface area contributed by atoms with Crippen LogP contribution < -0.4 is 11.1 Å². The molecule has 1 aliphatic carbocycles. The number of hydrogen-bond donors (Lipinski definition) is 4.